The zero-order chi connectivity index (χ0) is 13.0. The lowest BCUT2D eigenvalue weighted by Gasteiger charge is -2.27. The Kier molecular flexibility index (Phi) is 3.88. The maximum atomic E-state index is 9.31. The van der Waals surface area contributed by atoms with E-state index in [9.17, 15) is 5.26 Å². The van der Waals surface area contributed by atoms with Crippen molar-refractivity contribution in [2.45, 2.75) is 37.8 Å². The van der Waals surface area contributed by atoms with Gasteiger partial charge in [-0.1, -0.05) is 18.2 Å². The summed E-state index contributed by atoms with van der Waals surface area (Å²) in [5.74, 6) is 0. The molecular formula is C15H21N3. The zero-order valence-electron chi connectivity index (χ0n) is 11.2. The second-order valence-corrected chi connectivity index (χ2v) is 5.37. The smallest absolute Gasteiger partial charge is 0.105 e. The number of benzene rings is 1. The number of anilines is 1. The van der Waals surface area contributed by atoms with Crippen molar-refractivity contribution in [1.29, 1.82) is 5.26 Å². The summed E-state index contributed by atoms with van der Waals surface area (Å²) >= 11 is 0. The summed E-state index contributed by atoms with van der Waals surface area (Å²) in [5.41, 5.74) is 0.800. The number of hydrogen-bond acceptors (Lipinski definition) is 3. The molecule has 0 heterocycles. The van der Waals surface area contributed by atoms with E-state index in [0.717, 1.165) is 13.0 Å². The minimum absolute atomic E-state index is 0.399. The Hall–Kier alpha value is -1.53. The largest absolute Gasteiger partial charge is 0.374 e. The van der Waals surface area contributed by atoms with Crippen LogP contribution in [-0.4, -0.2) is 25.2 Å². The van der Waals surface area contributed by atoms with Crippen LogP contribution in [0.4, 0.5) is 5.69 Å². The van der Waals surface area contributed by atoms with Crippen molar-refractivity contribution in [2.75, 3.05) is 18.5 Å². The van der Waals surface area contributed by atoms with E-state index in [2.05, 4.69) is 35.5 Å². The molecule has 1 unspecified atom stereocenters. The minimum atomic E-state index is -0.399. The summed E-state index contributed by atoms with van der Waals surface area (Å²) in [6, 6.07) is 13.3. The maximum absolute atomic E-state index is 9.31. The van der Waals surface area contributed by atoms with Crippen LogP contribution in [-0.2, 0) is 0 Å². The van der Waals surface area contributed by atoms with Crippen LogP contribution in [0.2, 0.25) is 0 Å². The van der Waals surface area contributed by atoms with Crippen molar-refractivity contribution in [1.82, 2.24) is 5.32 Å². The van der Waals surface area contributed by atoms with Crippen molar-refractivity contribution in [2.24, 2.45) is 0 Å². The molecule has 96 valence electrons. The predicted molar refractivity (Wildman–Crippen MR) is 74.5 cm³/mol. The summed E-state index contributed by atoms with van der Waals surface area (Å²) < 4.78 is 0. The molecule has 0 aliphatic heterocycles. The topological polar surface area (TPSA) is 39.1 Å². The van der Waals surface area contributed by atoms with Crippen LogP contribution in [0.1, 0.15) is 26.2 Å². The molecular weight excluding hydrogens is 222 g/mol. The number of rotatable bonds is 6. The molecule has 1 aliphatic carbocycles. The first-order chi connectivity index (χ1) is 8.63. The highest BCUT2D eigenvalue weighted by molar-refractivity contribution is 5.45. The van der Waals surface area contributed by atoms with Gasteiger partial charge in [0.2, 0.25) is 0 Å². The van der Waals surface area contributed by atoms with Gasteiger partial charge in [-0.3, -0.25) is 5.32 Å². The fourth-order valence-electron chi connectivity index (χ4n) is 2.04. The first-order valence-corrected chi connectivity index (χ1v) is 6.58. The van der Waals surface area contributed by atoms with Crippen molar-refractivity contribution in [3.63, 3.8) is 0 Å². The standard InChI is InChI=1S/C15H21N3/c1-15(12-16,17-13-8-9-13)10-11-18(2)14-6-4-3-5-7-14/h3-7,13,17H,8-11H2,1-2H3. The van der Waals surface area contributed by atoms with Crippen LogP contribution in [0.25, 0.3) is 0 Å². The molecule has 18 heavy (non-hydrogen) atoms. The molecule has 2 rings (SSSR count). The predicted octanol–water partition coefficient (Wildman–Crippen LogP) is 2.55. The molecule has 0 spiro atoms. The fourth-order valence-corrected chi connectivity index (χ4v) is 2.04. The third kappa shape index (κ3) is 3.48. The highest BCUT2D eigenvalue weighted by Gasteiger charge is 2.32. The molecule has 1 atom stereocenters. The van der Waals surface area contributed by atoms with Gasteiger partial charge in [-0.25, -0.2) is 0 Å². The van der Waals surface area contributed by atoms with Crippen LogP contribution in [0.5, 0.6) is 0 Å². The van der Waals surface area contributed by atoms with Gasteiger partial charge in [-0.05, 0) is 38.3 Å². The maximum Gasteiger partial charge on any atom is 0.105 e. The number of nitrogens with zero attached hydrogens (tertiary/aromatic N) is 2. The SMILES string of the molecule is CN(CCC(C)(C#N)NC1CC1)c1ccccc1. The van der Waals surface area contributed by atoms with Gasteiger partial charge in [0.25, 0.3) is 0 Å². The van der Waals surface area contributed by atoms with Crippen molar-refractivity contribution in [3.05, 3.63) is 30.3 Å². The van der Waals surface area contributed by atoms with Gasteiger partial charge < -0.3 is 4.90 Å². The summed E-state index contributed by atoms with van der Waals surface area (Å²) in [7, 11) is 2.07. The van der Waals surface area contributed by atoms with E-state index in [4.69, 9.17) is 0 Å². The van der Waals surface area contributed by atoms with Crippen molar-refractivity contribution < 1.29 is 0 Å². The lowest BCUT2D eigenvalue weighted by atomic mass is 9.99. The molecule has 3 heteroatoms. The lowest BCUT2D eigenvalue weighted by molar-refractivity contribution is 0.417. The minimum Gasteiger partial charge on any atom is -0.374 e. The third-order valence-corrected chi connectivity index (χ3v) is 3.49. The molecule has 0 amide bonds. The van der Waals surface area contributed by atoms with E-state index >= 15 is 0 Å². The van der Waals surface area contributed by atoms with E-state index in [1.54, 1.807) is 0 Å². The van der Waals surface area contributed by atoms with Crippen molar-refractivity contribution >= 4 is 5.69 Å². The van der Waals surface area contributed by atoms with Crippen LogP contribution in [0, 0.1) is 11.3 Å². The monoisotopic (exact) mass is 243 g/mol. The number of para-hydroxylation sites is 1. The van der Waals surface area contributed by atoms with Gasteiger partial charge in [-0.15, -0.1) is 0 Å². The second-order valence-electron chi connectivity index (χ2n) is 5.37. The van der Waals surface area contributed by atoms with Gasteiger partial charge in [-0.2, -0.15) is 5.26 Å². The third-order valence-electron chi connectivity index (χ3n) is 3.49. The van der Waals surface area contributed by atoms with Crippen LogP contribution >= 0.6 is 0 Å². The fraction of sp³-hybridized carbons (Fsp3) is 0.533. The summed E-state index contributed by atoms with van der Waals surface area (Å²) in [6.07, 6.45) is 3.27. The molecule has 1 aromatic carbocycles. The highest BCUT2D eigenvalue weighted by Crippen LogP contribution is 2.24. The normalized spacial score (nSPS) is 17.8. The van der Waals surface area contributed by atoms with Gasteiger partial charge in [0.1, 0.15) is 5.54 Å². The highest BCUT2D eigenvalue weighted by atomic mass is 15.1. The van der Waals surface area contributed by atoms with Gasteiger partial charge in [0, 0.05) is 25.3 Å². The molecule has 1 aromatic rings. The van der Waals surface area contributed by atoms with Crippen LogP contribution < -0.4 is 10.2 Å². The molecule has 1 N–H and O–H groups in total. The summed E-state index contributed by atoms with van der Waals surface area (Å²) in [4.78, 5) is 2.20. The molecule has 1 saturated carbocycles. The average molecular weight is 243 g/mol. The van der Waals surface area contributed by atoms with E-state index in [-0.39, 0.29) is 0 Å². The van der Waals surface area contributed by atoms with Crippen LogP contribution in [0.3, 0.4) is 0 Å². The van der Waals surface area contributed by atoms with Gasteiger partial charge in [0.05, 0.1) is 6.07 Å². The Labute approximate surface area is 109 Å². The van der Waals surface area contributed by atoms with E-state index < -0.39 is 5.54 Å². The van der Waals surface area contributed by atoms with E-state index in [1.165, 1.54) is 18.5 Å². The van der Waals surface area contributed by atoms with Crippen LogP contribution in [0.15, 0.2) is 30.3 Å². The number of hydrogen-bond donors (Lipinski definition) is 1. The first kappa shape index (κ1) is 12.9. The average Bonchev–Trinajstić information content (AvgIpc) is 3.21. The molecule has 0 bridgehead atoms. The van der Waals surface area contributed by atoms with Crippen molar-refractivity contribution in [3.8, 4) is 6.07 Å². The second kappa shape index (κ2) is 5.41. The molecule has 0 radical (unpaired) electrons. The van der Waals surface area contributed by atoms with Gasteiger partial charge >= 0.3 is 0 Å². The number of nitriles is 1. The number of nitrogens with one attached hydrogen (secondary N) is 1. The molecule has 0 saturated heterocycles. The Morgan fingerprint density at radius 2 is 2.06 bits per heavy atom. The summed E-state index contributed by atoms with van der Waals surface area (Å²) in [5, 5.41) is 12.8. The quantitative estimate of drug-likeness (QED) is 0.834. The lowest BCUT2D eigenvalue weighted by Crippen LogP contribution is -2.44. The van der Waals surface area contributed by atoms with E-state index in [1.807, 2.05) is 25.1 Å². The van der Waals surface area contributed by atoms with Gasteiger partial charge in [0.15, 0.2) is 0 Å². The first-order valence-electron chi connectivity index (χ1n) is 6.58. The molecule has 0 aromatic heterocycles. The molecule has 1 aliphatic rings. The molecule has 3 nitrogen and oxygen atoms in total. The van der Waals surface area contributed by atoms with E-state index in [0.29, 0.717) is 6.04 Å². The molecule has 1 fully saturated rings. The Bertz CT molecular complexity index is 419. The summed E-state index contributed by atoms with van der Waals surface area (Å²) in [6.45, 7) is 2.89. The zero-order valence-corrected chi connectivity index (χ0v) is 11.2. The Morgan fingerprint density at radius 3 is 2.61 bits per heavy atom. The Balaban J connectivity index is 1.87. The Morgan fingerprint density at radius 1 is 1.39 bits per heavy atom.